The third kappa shape index (κ3) is 2.95. The highest BCUT2D eigenvalue weighted by molar-refractivity contribution is 6.31. The molecule has 2 bridgehead atoms. The summed E-state index contributed by atoms with van der Waals surface area (Å²) in [5.74, 6) is 0.310. The van der Waals surface area contributed by atoms with Crippen molar-refractivity contribution in [2.24, 2.45) is 17.0 Å². The summed E-state index contributed by atoms with van der Waals surface area (Å²) in [6.45, 7) is 0. The summed E-state index contributed by atoms with van der Waals surface area (Å²) in [5, 5.41) is 18.7. The van der Waals surface area contributed by atoms with E-state index >= 15 is 0 Å². The first kappa shape index (κ1) is 16.9. The number of oxime groups is 1. The number of fused-ring (bicyclic) bond motifs is 2. The van der Waals surface area contributed by atoms with Crippen LogP contribution in [0.2, 0.25) is 10.0 Å². The quantitative estimate of drug-likeness (QED) is 0.528. The molecule has 0 aromatic heterocycles. The predicted molar refractivity (Wildman–Crippen MR) is 102 cm³/mol. The Hall–Kier alpha value is -1.55. The lowest BCUT2D eigenvalue weighted by atomic mass is 9.67. The largest absolute Gasteiger partial charge is 0.411 e. The van der Waals surface area contributed by atoms with Gasteiger partial charge in [0.1, 0.15) is 0 Å². The topological polar surface area (TPSA) is 44.6 Å². The first-order valence-electron chi connectivity index (χ1n) is 8.67. The highest BCUT2D eigenvalue weighted by Crippen LogP contribution is 2.48. The van der Waals surface area contributed by atoms with E-state index in [2.05, 4.69) is 10.5 Å². The fraction of sp³-hybridized carbons (Fsp3) is 0.350. The Morgan fingerprint density at radius 3 is 1.76 bits per heavy atom. The van der Waals surface area contributed by atoms with Gasteiger partial charge in [0.25, 0.3) is 0 Å². The highest BCUT2D eigenvalue weighted by atomic mass is 35.5. The third-order valence-corrected chi connectivity index (χ3v) is 6.24. The van der Waals surface area contributed by atoms with Crippen molar-refractivity contribution in [2.45, 2.75) is 31.3 Å². The predicted octanol–water partition coefficient (Wildman–Crippen LogP) is 5.63. The number of nitrogens with one attached hydrogen (secondary N) is 1. The van der Waals surface area contributed by atoms with Gasteiger partial charge in [-0.1, -0.05) is 71.2 Å². The standard InChI is InChI=1S/C20H20Cl2N2O/c21-16-10-3-1-6-12(16)18-14-8-5-9-15(20(14)24-25)19(23-18)13-7-2-4-11-17(13)22/h1-4,6-7,10-11,14-15,18-19,23,25H,5,8-9H2. The fourth-order valence-electron chi connectivity index (χ4n) is 4.45. The maximum Gasteiger partial charge on any atom is 0.0670 e. The molecule has 2 aliphatic rings. The van der Waals surface area contributed by atoms with Crippen LogP contribution in [0.1, 0.15) is 42.5 Å². The second-order valence-corrected chi connectivity index (χ2v) is 7.65. The van der Waals surface area contributed by atoms with Gasteiger partial charge in [0, 0.05) is 34.0 Å². The van der Waals surface area contributed by atoms with Crippen LogP contribution in [0.5, 0.6) is 0 Å². The Kier molecular flexibility index (Phi) is 4.72. The van der Waals surface area contributed by atoms with E-state index in [-0.39, 0.29) is 23.9 Å². The van der Waals surface area contributed by atoms with Crippen LogP contribution in [0, 0.1) is 11.8 Å². The number of hydrogen-bond acceptors (Lipinski definition) is 3. The molecule has 2 N–H and O–H groups in total. The molecule has 4 unspecified atom stereocenters. The van der Waals surface area contributed by atoms with Crippen molar-refractivity contribution < 1.29 is 5.21 Å². The first-order chi connectivity index (χ1) is 12.2. The first-order valence-corrected chi connectivity index (χ1v) is 9.43. The molecule has 2 fully saturated rings. The minimum atomic E-state index is 0.0115. The molecule has 2 aromatic rings. The molecule has 5 heteroatoms. The van der Waals surface area contributed by atoms with E-state index in [1.807, 2.05) is 48.5 Å². The molecule has 0 amide bonds. The fourth-order valence-corrected chi connectivity index (χ4v) is 4.95. The molecule has 1 aliphatic carbocycles. The van der Waals surface area contributed by atoms with Gasteiger partial charge in [0.15, 0.2) is 0 Å². The Balaban J connectivity index is 1.81. The van der Waals surface area contributed by atoms with E-state index in [1.54, 1.807) is 0 Å². The molecular formula is C20H20Cl2N2O. The average Bonchev–Trinajstić information content (AvgIpc) is 2.63. The van der Waals surface area contributed by atoms with Crippen LogP contribution in [-0.2, 0) is 0 Å². The van der Waals surface area contributed by atoms with Crippen molar-refractivity contribution in [3.05, 3.63) is 69.7 Å². The summed E-state index contributed by atoms with van der Waals surface area (Å²) >= 11 is 13.0. The van der Waals surface area contributed by atoms with E-state index in [4.69, 9.17) is 23.2 Å². The van der Waals surface area contributed by atoms with Crippen LogP contribution in [0.15, 0.2) is 53.7 Å². The van der Waals surface area contributed by atoms with E-state index in [9.17, 15) is 5.21 Å². The summed E-state index contributed by atoms with van der Waals surface area (Å²) in [4.78, 5) is 0. The van der Waals surface area contributed by atoms with Crippen LogP contribution < -0.4 is 5.32 Å². The Bertz CT molecular complexity index is 746. The van der Waals surface area contributed by atoms with Gasteiger partial charge in [-0.15, -0.1) is 0 Å². The average molecular weight is 375 g/mol. The molecule has 2 aromatic carbocycles. The zero-order chi connectivity index (χ0) is 17.4. The van der Waals surface area contributed by atoms with Gasteiger partial charge in [-0.25, -0.2) is 0 Å². The number of rotatable bonds is 2. The molecule has 1 aliphatic heterocycles. The van der Waals surface area contributed by atoms with Crippen molar-refractivity contribution in [1.82, 2.24) is 5.32 Å². The Morgan fingerprint density at radius 2 is 1.32 bits per heavy atom. The van der Waals surface area contributed by atoms with Crippen molar-refractivity contribution in [2.75, 3.05) is 0 Å². The van der Waals surface area contributed by atoms with Gasteiger partial charge in [-0.3, -0.25) is 0 Å². The monoisotopic (exact) mass is 374 g/mol. The van der Waals surface area contributed by atoms with Gasteiger partial charge in [0.2, 0.25) is 0 Å². The molecule has 4 atom stereocenters. The number of halogens is 2. The third-order valence-electron chi connectivity index (χ3n) is 5.55. The van der Waals surface area contributed by atoms with Crippen LogP contribution in [0.3, 0.4) is 0 Å². The minimum Gasteiger partial charge on any atom is -0.411 e. The van der Waals surface area contributed by atoms with Crippen LogP contribution >= 0.6 is 23.2 Å². The minimum absolute atomic E-state index is 0.0115. The molecule has 3 nitrogen and oxygen atoms in total. The van der Waals surface area contributed by atoms with Crippen molar-refractivity contribution in [3.8, 4) is 0 Å². The van der Waals surface area contributed by atoms with Crippen molar-refractivity contribution >= 4 is 28.9 Å². The zero-order valence-corrected chi connectivity index (χ0v) is 15.2. The number of piperidine rings is 1. The van der Waals surface area contributed by atoms with Crippen LogP contribution in [0.4, 0.5) is 0 Å². The van der Waals surface area contributed by atoms with E-state index < -0.39 is 0 Å². The molecule has 4 rings (SSSR count). The molecule has 1 saturated carbocycles. The molecule has 1 saturated heterocycles. The molecule has 0 spiro atoms. The SMILES string of the molecule is ON=C1C2CCCC1C(c1ccccc1Cl)NC2c1ccccc1Cl. The lowest BCUT2D eigenvalue weighted by molar-refractivity contribution is 0.214. The highest BCUT2D eigenvalue weighted by Gasteiger charge is 2.46. The van der Waals surface area contributed by atoms with Gasteiger partial charge < -0.3 is 10.5 Å². The van der Waals surface area contributed by atoms with E-state index in [1.165, 1.54) is 0 Å². The van der Waals surface area contributed by atoms with Crippen LogP contribution in [0.25, 0.3) is 0 Å². The lowest BCUT2D eigenvalue weighted by Gasteiger charge is -2.47. The van der Waals surface area contributed by atoms with Crippen LogP contribution in [-0.4, -0.2) is 10.9 Å². The van der Waals surface area contributed by atoms with Crippen molar-refractivity contribution in [1.29, 1.82) is 0 Å². The number of hydrogen-bond donors (Lipinski definition) is 2. The number of nitrogens with zero attached hydrogens (tertiary/aromatic N) is 1. The summed E-state index contributed by atoms with van der Waals surface area (Å²) in [6, 6.07) is 15.8. The molecule has 0 radical (unpaired) electrons. The lowest BCUT2D eigenvalue weighted by Crippen LogP contribution is -2.50. The molecule has 25 heavy (non-hydrogen) atoms. The molecule has 1 heterocycles. The Labute approximate surface area is 157 Å². The maximum atomic E-state index is 9.76. The molecule has 130 valence electrons. The second kappa shape index (κ2) is 6.99. The summed E-state index contributed by atoms with van der Waals surface area (Å²) in [6.07, 6.45) is 3.10. The zero-order valence-electron chi connectivity index (χ0n) is 13.7. The maximum absolute atomic E-state index is 9.76. The van der Waals surface area contributed by atoms with E-state index in [0.717, 1.165) is 46.1 Å². The van der Waals surface area contributed by atoms with Gasteiger partial charge in [-0.2, -0.15) is 0 Å². The normalized spacial score (nSPS) is 28.6. The smallest absolute Gasteiger partial charge is 0.0670 e. The summed E-state index contributed by atoms with van der Waals surface area (Å²) in [5.41, 5.74) is 2.97. The second-order valence-electron chi connectivity index (χ2n) is 6.83. The Morgan fingerprint density at radius 1 is 0.840 bits per heavy atom. The van der Waals surface area contributed by atoms with Gasteiger partial charge in [0.05, 0.1) is 5.71 Å². The van der Waals surface area contributed by atoms with E-state index in [0.29, 0.717) is 0 Å². The summed E-state index contributed by atoms with van der Waals surface area (Å²) < 4.78 is 0. The summed E-state index contributed by atoms with van der Waals surface area (Å²) in [7, 11) is 0. The number of benzene rings is 2. The van der Waals surface area contributed by atoms with Gasteiger partial charge in [-0.05, 0) is 36.1 Å². The van der Waals surface area contributed by atoms with Crippen molar-refractivity contribution in [3.63, 3.8) is 0 Å². The molecular weight excluding hydrogens is 355 g/mol. The van der Waals surface area contributed by atoms with Gasteiger partial charge >= 0.3 is 0 Å².